The smallest absolute Gasteiger partial charge is 0.189 e. The Morgan fingerprint density at radius 2 is 2.00 bits per heavy atom. The average molecular weight is 355 g/mol. The van der Waals surface area contributed by atoms with Gasteiger partial charge in [0.2, 0.25) is 0 Å². The molecular weight excluding hydrogens is 329 g/mol. The summed E-state index contributed by atoms with van der Waals surface area (Å²) in [6.45, 7) is 7.88. The third kappa shape index (κ3) is 7.08. The van der Waals surface area contributed by atoms with Crippen molar-refractivity contribution in [2.75, 3.05) is 20.3 Å². The van der Waals surface area contributed by atoms with Crippen molar-refractivity contribution in [3.8, 4) is 0 Å². The molecule has 3 N–H and O–H groups in total. The van der Waals surface area contributed by atoms with E-state index in [1.54, 1.807) is 7.11 Å². The van der Waals surface area contributed by atoms with Gasteiger partial charge in [-0.25, -0.2) is 0 Å². The van der Waals surface area contributed by atoms with Gasteiger partial charge in [0.15, 0.2) is 5.96 Å². The lowest BCUT2D eigenvalue weighted by Gasteiger charge is -2.21. The van der Waals surface area contributed by atoms with E-state index in [0.717, 1.165) is 19.6 Å². The Bertz CT molecular complexity index is 257. The van der Waals surface area contributed by atoms with Crippen LogP contribution in [0.25, 0.3) is 0 Å². The first-order valence-electron chi connectivity index (χ1n) is 5.94. The molecule has 0 unspecified atom stereocenters. The Morgan fingerprint density at radius 1 is 1.41 bits per heavy atom. The van der Waals surface area contributed by atoms with E-state index in [1.807, 2.05) is 0 Å². The predicted molar refractivity (Wildman–Crippen MR) is 83.0 cm³/mol. The number of guanidine groups is 1. The van der Waals surface area contributed by atoms with Gasteiger partial charge in [-0.1, -0.05) is 0 Å². The number of nitrogens with one attached hydrogen (secondary N) is 1. The molecule has 0 aliphatic heterocycles. The summed E-state index contributed by atoms with van der Waals surface area (Å²) in [5, 5.41) is 3.17. The molecule has 0 aromatic heterocycles. The van der Waals surface area contributed by atoms with Crippen molar-refractivity contribution in [2.45, 2.75) is 45.6 Å². The lowest BCUT2D eigenvalue weighted by Crippen LogP contribution is -2.45. The monoisotopic (exact) mass is 355 g/mol. The minimum absolute atomic E-state index is 0. The maximum absolute atomic E-state index is 5.83. The van der Waals surface area contributed by atoms with Crippen molar-refractivity contribution in [1.29, 1.82) is 0 Å². The maximum Gasteiger partial charge on any atom is 0.189 e. The first-order valence-corrected chi connectivity index (χ1v) is 5.94. The van der Waals surface area contributed by atoms with Gasteiger partial charge in [-0.05, 0) is 45.4 Å². The van der Waals surface area contributed by atoms with Crippen LogP contribution >= 0.6 is 24.0 Å². The van der Waals surface area contributed by atoms with Gasteiger partial charge in [0.05, 0.1) is 0 Å². The van der Waals surface area contributed by atoms with Gasteiger partial charge in [-0.2, -0.15) is 0 Å². The summed E-state index contributed by atoms with van der Waals surface area (Å²) >= 11 is 0. The van der Waals surface area contributed by atoms with Gasteiger partial charge in [-0.15, -0.1) is 24.0 Å². The molecule has 1 aliphatic rings. The molecule has 1 fully saturated rings. The number of halogens is 1. The van der Waals surface area contributed by atoms with Crippen LogP contribution in [-0.2, 0) is 4.74 Å². The van der Waals surface area contributed by atoms with Crippen LogP contribution in [-0.4, -0.2) is 31.8 Å². The summed E-state index contributed by atoms with van der Waals surface area (Å²) in [5.41, 5.74) is 6.19. The molecular formula is C12H26IN3O. The third-order valence-electron chi connectivity index (χ3n) is 2.88. The highest BCUT2D eigenvalue weighted by atomic mass is 127. The highest BCUT2D eigenvalue weighted by Gasteiger charge is 2.41. The molecule has 1 aliphatic carbocycles. The van der Waals surface area contributed by atoms with Crippen LogP contribution in [0.1, 0.15) is 40.0 Å². The van der Waals surface area contributed by atoms with Crippen molar-refractivity contribution >= 4 is 29.9 Å². The van der Waals surface area contributed by atoms with Gasteiger partial charge >= 0.3 is 0 Å². The molecule has 102 valence electrons. The van der Waals surface area contributed by atoms with E-state index in [0.29, 0.717) is 11.4 Å². The van der Waals surface area contributed by atoms with Crippen molar-refractivity contribution in [3.63, 3.8) is 0 Å². The van der Waals surface area contributed by atoms with Crippen molar-refractivity contribution in [1.82, 2.24) is 5.32 Å². The van der Waals surface area contributed by atoms with Crippen LogP contribution in [0.4, 0.5) is 0 Å². The minimum atomic E-state index is -0.0170. The fraction of sp³-hybridized carbons (Fsp3) is 0.917. The molecule has 0 heterocycles. The van der Waals surface area contributed by atoms with E-state index in [-0.39, 0.29) is 29.5 Å². The first kappa shape index (κ1) is 17.0. The zero-order chi connectivity index (χ0) is 12.2. The number of hydrogen-bond acceptors (Lipinski definition) is 2. The van der Waals surface area contributed by atoms with E-state index in [9.17, 15) is 0 Å². The van der Waals surface area contributed by atoms with Gasteiger partial charge in [0.1, 0.15) is 0 Å². The van der Waals surface area contributed by atoms with Crippen LogP contribution < -0.4 is 11.1 Å². The Hall–Kier alpha value is -0.0400. The van der Waals surface area contributed by atoms with E-state index in [4.69, 9.17) is 10.5 Å². The lowest BCUT2D eigenvalue weighted by molar-refractivity contribution is 0.174. The van der Waals surface area contributed by atoms with E-state index >= 15 is 0 Å². The molecule has 0 aromatic carbocycles. The number of hydrogen-bond donors (Lipinski definition) is 2. The number of nitrogens with zero attached hydrogens (tertiary/aromatic N) is 1. The van der Waals surface area contributed by atoms with Gasteiger partial charge in [0.25, 0.3) is 0 Å². The zero-order valence-corrected chi connectivity index (χ0v) is 13.7. The molecule has 0 atom stereocenters. The topological polar surface area (TPSA) is 59.6 Å². The van der Waals surface area contributed by atoms with Crippen molar-refractivity contribution in [3.05, 3.63) is 0 Å². The van der Waals surface area contributed by atoms with Crippen LogP contribution in [0.15, 0.2) is 4.99 Å². The average Bonchev–Trinajstić information content (AvgIpc) is 2.90. The van der Waals surface area contributed by atoms with Crippen LogP contribution in [0.2, 0.25) is 0 Å². The second kappa shape index (κ2) is 6.78. The van der Waals surface area contributed by atoms with Crippen LogP contribution in [0.5, 0.6) is 0 Å². The van der Waals surface area contributed by atoms with Crippen LogP contribution in [0, 0.1) is 5.41 Å². The second-order valence-electron chi connectivity index (χ2n) is 5.82. The van der Waals surface area contributed by atoms with Crippen LogP contribution in [0.3, 0.4) is 0 Å². The molecule has 17 heavy (non-hydrogen) atoms. The summed E-state index contributed by atoms with van der Waals surface area (Å²) in [4.78, 5) is 4.42. The minimum Gasteiger partial charge on any atom is -0.385 e. The Balaban J connectivity index is 0.00000256. The Morgan fingerprint density at radius 3 is 2.41 bits per heavy atom. The third-order valence-corrected chi connectivity index (χ3v) is 2.88. The largest absolute Gasteiger partial charge is 0.385 e. The number of methoxy groups -OCH3 is 1. The Labute approximate surface area is 122 Å². The molecule has 0 aromatic rings. The highest BCUT2D eigenvalue weighted by molar-refractivity contribution is 14.0. The van der Waals surface area contributed by atoms with Gasteiger partial charge in [-0.3, -0.25) is 4.99 Å². The summed E-state index contributed by atoms with van der Waals surface area (Å²) < 4.78 is 5.11. The molecule has 0 bridgehead atoms. The maximum atomic E-state index is 5.83. The van der Waals surface area contributed by atoms with Crippen molar-refractivity contribution < 1.29 is 4.74 Å². The molecule has 4 nitrogen and oxygen atoms in total. The summed E-state index contributed by atoms with van der Waals surface area (Å²) in [7, 11) is 1.74. The number of rotatable bonds is 5. The molecule has 5 heteroatoms. The van der Waals surface area contributed by atoms with E-state index < -0.39 is 0 Å². The lowest BCUT2D eigenvalue weighted by atomic mass is 10.0. The normalized spacial score (nSPS) is 18.5. The number of nitrogens with two attached hydrogens (primary N) is 1. The standard InChI is InChI=1S/C12H25N3O.HI/c1-11(2,3)15-10(13)14-9-12(5-6-12)7-8-16-4;/h5-9H2,1-4H3,(H3,13,14,15);1H. The van der Waals surface area contributed by atoms with Gasteiger partial charge < -0.3 is 15.8 Å². The number of ether oxygens (including phenoxy) is 1. The summed E-state index contributed by atoms with van der Waals surface area (Å²) in [6.07, 6.45) is 3.60. The first-order chi connectivity index (χ1) is 7.37. The zero-order valence-electron chi connectivity index (χ0n) is 11.4. The predicted octanol–water partition coefficient (Wildman–Crippen LogP) is 2.12. The van der Waals surface area contributed by atoms with E-state index in [2.05, 4.69) is 31.1 Å². The molecule has 1 rings (SSSR count). The molecule has 0 radical (unpaired) electrons. The number of aliphatic imine (C=N–C) groups is 1. The van der Waals surface area contributed by atoms with Gasteiger partial charge in [0, 0.05) is 25.8 Å². The summed E-state index contributed by atoms with van der Waals surface area (Å²) in [6, 6.07) is 0. The molecule has 1 saturated carbocycles. The molecule has 0 spiro atoms. The molecule has 0 saturated heterocycles. The fourth-order valence-electron chi connectivity index (χ4n) is 1.66. The van der Waals surface area contributed by atoms with Crippen molar-refractivity contribution in [2.24, 2.45) is 16.1 Å². The quantitative estimate of drug-likeness (QED) is 0.451. The Kier molecular flexibility index (Phi) is 6.76. The highest BCUT2D eigenvalue weighted by Crippen LogP contribution is 2.48. The summed E-state index contributed by atoms with van der Waals surface area (Å²) in [5.74, 6) is 0.552. The van der Waals surface area contributed by atoms with E-state index in [1.165, 1.54) is 12.8 Å². The second-order valence-corrected chi connectivity index (χ2v) is 5.82. The SMILES string of the molecule is COCCC1(CN=C(N)NC(C)(C)C)CC1.I. The fourth-order valence-corrected chi connectivity index (χ4v) is 1.66. The molecule has 0 amide bonds.